The highest BCUT2D eigenvalue weighted by Gasteiger charge is 2.08. The van der Waals surface area contributed by atoms with Gasteiger partial charge >= 0.3 is 0 Å². The lowest BCUT2D eigenvalue weighted by molar-refractivity contribution is 0.604. The van der Waals surface area contributed by atoms with Crippen LogP contribution in [0.4, 0.5) is 0 Å². The van der Waals surface area contributed by atoms with E-state index >= 15 is 0 Å². The molecule has 1 N–H and O–H groups in total. The highest BCUT2D eigenvalue weighted by molar-refractivity contribution is 5.18. The first kappa shape index (κ1) is 10.3. The van der Waals surface area contributed by atoms with Gasteiger partial charge in [0.15, 0.2) is 0 Å². The van der Waals surface area contributed by atoms with E-state index in [0.29, 0.717) is 6.04 Å². The van der Waals surface area contributed by atoms with Crippen molar-refractivity contribution in [1.82, 2.24) is 15.1 Å². The summed E-state index contributed by atoms with van der Waals surface area (Å²) in [6.07, 6.45) is 4.10. The van der Waals surface area contributed by atoms with Gasteiger partial charge in [-0.25, -0.2) is 0 Å². The van der Waals surface area contributed by atoms with E-state index in [1.165, 1.54) is 11.3 Å². The maximum Gasteiger partial charge on any atom is 0.0525 e. The molecule has 1 rings (SSSR count). The number of rotatable bonds is 4. The zero-order valence-corrected chi connectivity index (χ0v) is 8.96. The lowest BCUT2D eigenvalue weighted by atomic mass is 10.1. The molecule has 0 fully saturated rings. The summed E-state index contributed by atoms with van der Waals surface area (Å²) in [7, 11) is 4.00. The Morgan fingerprint density at radius 2 is 2.31 bits per heavy atom. The molecule has 1 heterocycles. The van der Waals surface area contributed by atoms with Crippen molar-refractivity contribution in [2.24, 2.45) is 7.05 Å². The minimum absolute atomic E-state index is 0.523. The van der Waals surface area contributed by atoms with E-state index in [9.17, 15) is 0 Å². The van der Waals surface area contributed by atoms with E-state index < -0.39 is 0 Å². The van der Waals surface area contributed by atoms with Crippen LogP contribution in [0.2, 0.25) is 0 Å². The fourth-order valence-electron chi connectivity index (χ4n) is 1.57. The molecule has 0 saturated heterocycles. The molecule has 0 spiro atoms. The summed E-state index contributed by atoms with van der Waals surface area (Å²) in [6.45, 7) is 4.36. The third kappa shape index (κ3) is 2.31. The summed E-state index contributed by atoms with van der Waals surface area (Å²) >= 11 is 0. The van der Waals surface area contributed by atoms with Crippen LogP contribution in [0, 0.1) is 0 Å². The van der Waals surface area contributed by atoms with Crippen molar-refractivity contribution in [1.29, 1.82) is 0 Å². The quantitative estimate of drug-likeness (QED) is 0.754. The Bertz CT molecular complexity index is 265. The number of hydrogen-bond donors (Lipinski definition) is 1. The average Bonchev–Trinajstić information content (AvgIpc) is 2.46. The van der Waals surface area contributed by atoms with E-state index in [0.717, 1.165) is 12.8 Å². The minimum atomic E-state index is 0.523. The minimum Gasteiger partial charge on any atom is -0.317 e. The summed E-state index contributed by atoms with van der Waals surface area (Å²) < 4.78 is 1.97. The van der Waals surface area contributed by atoms with Gasteiger partial charge in [0.1, 0.15) is 0 Å². The molecule has 0 aromatic carbocycles. The molecular weight excluding hydrogens is 162 g/mol. The molecule has 1 atom stereocenters. The van der Waals surface area contributed by atoms with Gasteiger partial charge in [-0.1, -0.05) is 6.92 Å². The monoisotopic (exact) mass is 181 g/mol. The molecular formula is C10H19N3. The number of aromatic nitrogens is 2. The lowest BCUT2D eigenvalue weighted by Gasteiger charge is -2.09. The molecule has 1 unspecified atom stereocenters. The molecule has 3 heteroatoms. The first-order chi connectivity index (χ1) is 6.19. The van der Waals surface area contributed by atoms with Gasteiger partial charge < -0.3 is 5.32 Å². The molecule has 1 aromatic heterocycles. The molecule has 3 nitrogen and oxygen atoms in total. The summed E-state index contributed by atoms with van der Waals surface area (Å²) in [4.78, 5) is 0. The van der Waals surface area contributed by atoms with Crippen molar-refractivity contribution in [3.05, 3.63) is 17.5 Å². The first-order valence-electron chi connectivity index (χ1n) is 4.86. The number of nitrogens with zero attached hydrogens (tertiary/aromatic N) is 2. The molecule has 0 amide bonds. The van der Waals surface area contributed by atoms with Crippen LogP contribution in [0.25, 0.3) is 0 Å². The maximum atomic E-state index is 4.26. The molecule has 0 aliphatic heterocycles. The Labute approximate surface area is 80.1 Å². The van der Waals surface area contributed by atoms with Crippen LogP contribution in [0.1, 0.15) is 25.1 Å². The second-order valence-corrected chi connectivity index (χ2v) is 3.49. The Morgan fingerprint density at radius 1 is 1.62 bits per heavy atom. The van der Waals surface area contributed by atoms with Gasteiger partial charge in [0.2, 0.25) is 0 Å². The van der Waals surface area contributed by atoms with Crippen LogP contribution in [-0.4, -0.2) is 22.9 Å². The Balaban J connectivity index is 2.76. The zero-order valence-electron chi connectivity index (χ0n) is 8.96. The second kappa shape index (κ2) is 4.42. The third-order valence-electron chi connectivity index (χ3n) is 2.50. The van der Waals surface area contributed by atoms with Gasteiger partial charge in [0.05, 0.1) is 6.20 Å². The fourth-order valence-corrected chi connectivity index (χ4v) is 1.57. The van der Waals surface area contributed by atoms with Crippen molar-refractivity contribution in [2.75, 3.05) is 7.05 Å². The Hall–Kier alpha value is -0.830. The molecule has 13 heavy (non-hydrogen) atoms. The predicted octanol–water partition coefficient (Wildman–Crippen LogP) is 1.13. The van der Waals surface area contributed by atoms with Crippen molar-refractivity contribution in [2.45, 2.75) is 32.7 Å². The fraction of sp³-hybridized carbons (Fsp3) is 0.700. The highest BCUT2D eigenvalue weighted by Crippen LogP contribution is 2.10. The molecule has 0 radical (unpaired) electrons. The van der Waals surface area contributed by atoms with Crippen LogP contribution in [0.5, 0.6) is 0 Å². The first-order valence-corrected chi connectivity index (χ1v) is 4.86. The van der Waals surface area contributed by atoms with Gasteiger partial charge in [-0.2, -0.15) is 5.10 Å². The molecule has 0 aliphatic rings. The van der Waals surface area contributed by atoms with Gasteiger partial charge in [0.25, 0.3) is 0 Å². The van der Waals surface area contributed by atoms with E-state index in [4.69, 9.17) is 0 Å². The second-order valence-electron chi connectivity index (χ2n) is 3.49. The lowest BCUT2D eigenvalue weighted by Crippen LogP contribution is -2.23. The Kier molecular flexibility index (Phi) is 3.48. The summed E-state index contributed by atoms with van der Waals surface area (Å²) in [6, 6.07) is 0.523. The van der Waals surface area contributed by atoms with Gasteiger partial charge in [-0.15, -0.1) is 0 Å². The average molecular weight is 181 g/mol. The van der Waals surface area contributed by atoms with Crippen LogP contribution in [0.3, 0.4) is 0 Å². The smallest absolute Gasteiger partial charge is 0.0525 e. The molecule has 74 valence electrons. The largest absolute Gasteiger partial charge is 0.317 e. The maximum absolute atomic E-state index is 4.26. The standard InChI is InChI=1S/C10H19N3/c1-5-10-9(6-8(2)11-3)7-12-13(10)4/h7-8,11H,5-6H2,1-4H3. The van der Waals surface area contributed by atoms with Crippen molar-refractivity contribution in [3.8, 4) is 0 Å². The summed E-state index contributed by atoms with van der Waals surface area (Å²) in [5, 5.41) is 7.50. The molecule has 0 aliphatic carbocycles. The van der Waals surface area contributed by atoms with E-state index in [2.05, 4.69) is 24.3 Å². The van der Waals surface area contributed by atoms with E-state index in [-0.39, 0.29) is 0 Å². The van der Waals surface area contributed by atoms with Gasteiger partial charge in [-0.05, 0) is 32.4 Å². The zero-order chi connectivity index (χ0) is 9.84. The summed E-state index contributed by atoms with van der Waals surface area (Å²) in [5.41, 5.74) is 2.72. The van der Waals surface area contributed by atoms with Crippen LogP contribution in [-0.2, 0) is 19.9 Å². The summed E-state index contributed by atoms with van der Waals surface area (Å²) in [5.74, 6) is 0. The molecule has 1 aromatic rings. The molecule has 0 bridgehead atoms. The number of likely N-dealkylation sites (N-methyl/N-ethyl adjacent to an activating group) is 1. The normalized spacial score (nSPS) is 13.2. The van der Waals surface area contributed by atoms with Gasteiger partial charge in [-0.3, -0.25) is 4.68 Å². The van der Waals surface area contributed by atoms with Gasteiger partial charge in [0, 0.05) is 18.8 Å². The van der Waals surface area contributed by atoms with Crippen molar-refractivity contribution >= 4 is 0 Å². The highest BCUT2D eigenvalue weighted by atomic mass is 15.3. The van der Waals surface area contributed by atoms with Crippen molar-refractivity contribution in [3.63, 3.8) is 0 Å². The van der Waals surface area contributed by atoms with Crippen LogP contribution >= 0.6 is 0 Å². The van der Waals surface area contributed by atoms with Crippen LogP contribution < -0.4 is 5.32 Å². The van der Waals surface area contributed by atoms with Crippen LogP contribution in [0.15, 0.2) is 6.20 Å². The van der Waals surface area contributed by atoms with Crippen molar-refractivity contribution < 1.29 is 0 Å². The SMILES string of the molecule is CCc1c(CC(C)NC)cnn1C. The number of hydrogen-bond acceptors (Lipinski definition) is 2. The molecule has 0 saturated carbocycles. The Morgan fingerprint density at radius 3 is 2.85 bits per heavy atom. The third-order valence-corrected chi connectivity index (χ3v) is 2.50. The number of nitrogens with one attached hydrogen (secondary N) is 1. The van der Waals surface area contributed by atoms with E-state index in [1.807, 2.05) is 25.0 Å². The topological polar surface area (TPSA) is 29.9 Å². The number of aryl methyl sites for hydroxylation is 1. The predicted molar refractivity (Wildman–Crippen MR) is 54.8 cm³/mol. The van der Waals surface area contributed by atoms with E-state index in [1.54, 1.807) is 0 Å².